The summed E-state index contributed by atoms with van der Waals surface area (Å²) in [5, 5.41) is 11.5. The lowest BCUT2D eigenvalue weighted by atomic mass is 10.1. The van der Waals surface area contributed by atoms with Crippen molar-refractivity contribution in [3.05, 3.63) is 142 Å². The monoisotopic (exact) mass is 656 g/mol. The molecule has 7 nitrogen and oxygen atoms in total. The van der Waals surface area contributed by atoms with Gasteiger partial charge < -0.3 is 4.90 Å². The number of carbonyl (C=O) groups excluding carboxylic acids is 1. The summed E-state index contributed by atoms with van der Waals surface area (Å²) < 4.78 is 42.4. The molecule has 0 saturated heterocycles. The first-order valence-electron chi connectivity index (χ1n) is 14.3. The van der Waals surface area contributed by atoms with E-state index in [4.69, 9.17) is 0 Å². The molecule has 232 valence electrons. The molecule has 0 saturated carbocycles. The molecule has 0 fully saturated rings. The van der Waals surface area contributed by atoms with Gasteiger partial charge in [0.2, 0.25) is 0 Å². The van der Waals surface area contributed by atoms with Crippen LogP contribution >= 0.6 is 23.1 Å². The minimum Gasteiger partial charge on any atom is -0.333 e. The maximum absolute atomic E-state index is 13.7. The van der Waals surface area contributed by atoms with Gasteiger partial charge in [-0.2, -0.15) is 13.2 Å². The Bertz CT molecular complexity index is 1900. The molecule has 0 aliphatic carbocycles. The van der Waals surface area contributed by atoms with Gasteiger partial charge in [-0.05, 0) is 47.9 Å². The lowest BCUT2D eigenvalue weighted by molar-refractivity contribution is -0.137. The van der Waals surface area contributed by atoms with E-state index in [-0.39, 0.29) is 11.6 Å². The van der Waals surface area contributed by atoms with E-state index in [1.54, 1.807) is 45.4 Å². The number of thioether (sulfide) groups is 1. The fourth-order valence-corrected chi connectivity index (χ4v) is 6.57. The Morgan fingerprint density at radius 1 is 0.870 bits per heavy atom. The summed E-state index contributed by atoms with van der Waals surface area (Å²) in [6, 6.07) is 28.3. The Morgan fingerprint density at radius 2 is 1.59 bits per heavy atom. The minimum atomic E-state index is -4.51. The number of halogens is 3. The zero-order valence-electron chi connectivity index (χ0n) is 24.3. The molecule has 46 heavy (non-hydrogen) atoms. The predicted octanol–water partition coefficient (Wildman–Crippen LogP) is 7.98. The molecule has 6 rings (SSSR count). The fourth-order valence-electron chi connectivity index (χ4n) is 4.83. The van der Waals surface area contributed by atoms with Crippen molar-refractivity contribution in [3.8, 4) is 17.1 Å². The molecule has 0 aliphatic rings. The number of hydrogen-bond donors (Lipinski definition) is 0. The van der Waals surface area contributed by atoms with Crippen LogP contribution < -0.4 is 0 Å². The molecular weight excluding hydrogens is 630 g/mol. The van der Waals surface area contributed by atoms with Crippen LogP contribution in [-0.4, -0.2) is 42.1 Å². The second kappa shape index (κ2) is 14.1. The van der Waals surface area contributed by atoms with E-state index in [9.17, 15) is 18.0 Å². The van der Waals surface area contributed by atoms with Crippen LogP contribution in [-0.2, 0) is 24.9 Å². The highest BCUT2D eigenvalue weighted by Gasteiger charge is 2.31. The van der Waals surface area contributed by atoms with Crippen LogP contribution in [0.15, 0.2) is 120 Å². The van der Waals surface area contributed by atoms with E-state index >= 15 is 0 Å². The molecule has 0 aliphatic heterocycles. The van der Waals surface area contributed by atoms with E-state index in [0.717, 1.165) is 23.3 Å². The molecule has 0 atom stereocenters. The van der Waals surface area contributed by atoms with Crippen molar-refractivity contribution in [2.75, 3.05) is 6.54 Å². The number of hydrogen-bond acceptors (Lipinski definition) is 7. The second-order valence-electron chi connectivity index (χ2n) is 10.3. The number of amides is 1. The molecule has 0 unspecified atom stereocenters. The molecule has 0 radical (unpaired) electrons. The van der Waals surface area contributed by atoms with Gasteiger partial charge in [-0.1, -0.05) is 78.5 Å². The summed E-state index contributed by atoms with van der Waals surface area (Å²) in [6.07, 6.45) is -0.630. The SMILES string of the molecule is O=C(c1csc(CSc2nnc(-c3ccncc3)n2-c2cccc(C(F)(F)F)c2)n1)N(CCc1ccccc1)Cc1ccccc1. The number of aromatic nitrogens is 5. The molecule has 3 heterocycles. The minimum absolute atomic E-state index is 0.167. The van der Waals surface area contributed by atoms with Gasteiger partial charge in [0.15, 0.2) is 11.0 Å². The number of rotatable bonds is 11. The van der Waals surface area contributed by atoms with Crippen LogP contribution in [0.2, 0.25) is 0 Å². The van der Waals surface area contributed by atoms with Crippen molar-refractivity contribution >= 4 is 29.0 Å². The standard InChI is InChI=1S/C34H27F3N6OS2/c35-34(36,37)27-12-7-13-28(20-27)43-31(26-14-17-38-18-15-26)40-41-33(43)46-23-30-39-29(22-45-30)32(44)42(21-25-10-5-2-6-11-25)19-16-24-8-3-1-4-9-24/h1-15,17-18,20,22H,16,19,21,23H2. The van der Waals surface area contributed by atoms with Crippen LogP contribution in [0.4, 0.5) is 13.2 Å². The number of benzene rings is 3. The lowest BCUT2D eigenvalue weighted by Gasteiger charge is -2.22. The molecule has 1 amide bonds. The van der Waals surface area contributed by atoms with Gasteiger partial charge in [0.25, 0.3) is 5.91 Å². The Labute approximate surface area is 271 Å². The summed E-state index contributed by atoms with van der Waals surface area (Å²) in [6.45, 7) is 0.975. The average Bonchev–Trinajstić information content (AvgIpc) is 3.74. The maximum Gasteiger partial charge on any atom is 0.416 e. The third kappa shape index (κ3) is 7.52. The molecule has 12 heteroatoms. The Morgan fingerprint density at radius 3 is 2.30 bits per heavy atom. The van der Waals surface area contributed by atoms with Crippen LogP contribution in [0.25, 0.3) is 17.1 Å². The van der Waals surface area contributed by atoms with E-state index in [0.29, 0.717) is 52.5 Å². The van der Waals surface area contributed by atoms with Crippen LogP contribution in [0.5, 0.6) is 0 Å². The van der Waals surface area contributed by atoms with Gasteiger partial charge in [0.1, 0.15) is 10.7 Å². The van der Waals surface area contributed by atoms with E-state index in [1.165, 1.54) is 29.2 Å². The highest BCUT2D eigenvalue weighted by molar-refractivity contribution is 7.98. The lowest BCUT2D eigenvalue weighted by Crippen LogP contribution is -2.32. The van der Waals surface area contributed by atoms with E-state index in [1.807, 2.05) is 60.7 Å². The maximum atomic E-state index is 13.7. The molecule has 3 aromatic heterocycles. The quantitative estimate of drug-likeness (QED) is 0.132. The fraction of sp³-hybridized carbons (Fsp3) is 0.147. The molecule has 0 bridgehead atoms. The van der Waals surface area contributed by atoms with Crippen LogP contribution in [0.3, 0.4) is 0 Å². The van der Waals surface area contributed by atoms with Crippen molar-refractivity contribution in [1.82, 2.24) is 29.6 Å². The summed E-state index contributed by atoms with van der Waals surface area (Å²) in [4.78, 5) is 24.2. The smallest absolute Gasteiger partial charge is 0.333 e. The number of pyridine rings is 1. The first-order chi connectivity index (χ1) is 22.3. The third-order valence-corrected chi connectivity index (χ3v) is 9.09. The van der Waals surface area contributed by atoms with E-state index < -0.39 is 11.7 Å². The number of nitrogens with zero attached hydrogens (tertiary/aromatic N) is 6. The first kappa shape index (κ1) is 31.2. The van der Waals surface area contributed by atoms with Gasteiger partial charge in [-0.25, -0.2) is 4.98 Å². The zero-order chi connectivity index (χ0) is 31.9. The topological polar surface area (TPSA) is 76.8 Å². The van der Waals surface area contributed by atoms with E-state index in [2.05, 4.69) is 20.2 Å². The van der Waals surface area contributed by atoms with Gasteiger partial charge >= 0.3 is 6.18 Å². The van der Waals surface area contributed by atoms with Crippen LogP contribution in [0.1, 0.15) is 32.2 Å². The van der Waals surface area contributed by atoms with Crippen molar-refractivity contribution in [2.24, 2.45) is 0 Å². The number of thiazole rings is 1. The Balaban J connectivity index is 1.23. The van der Waals surface area contributed by atoms with Crippen molar-refractivity contribution in [2.45, 2.75) is 30.1 Å². The average molecular weight is 657 g/mol. The van der Waals surface area contributed by atoms with Gasteiger partial charge in [0.05, 0.1) is 17.0 Å². The summed E-state index contributed by atoms with van der Waals surface area (Å²) in [5.74, 6) is 0.558. The molecular formula is C34H27F3N6OS2. The normalized spacial score (nSPS) is 11.5. The summed E-state index contributed by atoms with van der Waals surface area (Å²) in [7, 11) is 0. The first-order valence-corrected chi connectivity index (χ1v) is 16.2. The third-order valence-electron chi connectivity index (χ3n) is 7.12. The van der Waals surface area contributed by atoms with Crippen molar-refractivity contribution in [1.29, 1.82) is 0 Å². The highest BCUT2D eigenvalue weighted by Crippen LogP contribution is 2.34. The van der Waals surface area contributed by atoms with Crippen molar-refractivity contribution in [3.63, 3.8) is 0 Å². The Hall–Kier alpha value is -4.81. The number of alkyl halides is 3. The highest BCUT2D eigenvalue weighted by atomic mass is 32.2. The van der Waals surface area contributed by atoms with Crippen LogP contribution in [0, 0.1) is 0 Å². The summed E-state index contributed by atoms with van der Waals surface area (Å²) >= 11 is 2.63. The van der Waals surface area contributed by atoms with Gasteiger partial charge in [-0.3, -0.25) is 14.3 Å². The zero-order valence-corrected chi connectivity index (χ0v) is 26.0. The molecule has 3 aromatic carbocycles. The van der Waals surface area contributed by atoms with Crippen molar-refractivity contribution < 1.29 is 18.0 Å². The van der Waals surface area contributed by atoms with Gasteiger partial charge in [0, 0.05) is 36.4 Å². The predicted molar refractivity (Wildman–Crippen MR) is 173 cm³/mol. The Kier molecular flexibility index (Phi) is 9.55. The number of carbonyl (C=O) groups is 1. The largest absolute Gasteiger partial charge is 0.416 e. The van der Waals surface area contributed by atoms with Gasteiger partial charge in [-0.15, -0.1) is 21.5 Å². The summed E-state index contributed by atoms with van der Waals surface area (Å²) in [5.41, 5.74) is 2.67. The molecule has 6 aromatic rings. The second-order valence-corrected chi connectivity index (χ2v) is 12.2. The molecule has 0 spiro atoms. The molecule has 0 N–H and O–H groups in total.